The molecular weight excluding hydrogens is 432 g/mol. The number of ether oxygens (including phenoxy) is 2. The number of benzene rings is 2. The Kier molecular flexibility index (Phi) is 6.87. The van der Waals surface area contributed by atoms with E-state index in [-0.39, 0.29) is 35.1 Å². The van der Waals surface area contributed by atoms with Crippen LogP contribution in [0.2, 0.25) is 0 Å². The number of nitrogens with zero attached hydrogens (tertiary/aromatic N) is 2. The number of aliphatic imine (C=N–C) groups is 2. The van der Waals surface area contributed by atoms with E-state index < -0.39 is 5.41 Å². The highest BCUT2D eigenvalue weighted by molar-refractivity contribution is 6.07. The fraction of sp³-hybridized carbons (Fsp3) is 0.548. The molecule has 4 heteroatoms. The Morgan fingerprint density at radius 3 is 1.23 bits per heavy atom. The molecular formula is C31H42N2O2. The smallest absolute Gasteiger partial charge is 0.200 e. The highest BCUT2D eigenvalue weighted by Gasteiger charge is 2.53. The summed E-state index contributed by atoms with van der Waals surface area (Å²) >= 11 is 0. The molecule has 0 saturated carbocycles. The molecule has 2 aromatic rings. The molecule has 0 aromatic heterocycles. The Morgan fingerprint density at radius 2 is 0.943 bits per heavy atom. The van der Waals surface area contributed by atoms with E-state index in [0.717, 1.165) is 11.8 Å². The van der Waals surface area contributed by atoms with Gasteiger partial charge in [0.1, 0.15) is 17.6 Å². The minimum absolute atomic E-state index is 0.00578. The van der Waals surface area contributed by atoms with Gasteiger partial charge in [0, 0.05) is 0 Å². The Balaban J connectivity index is 1.91. The summed E-state index contributed by atoms with van der Waals surface area (Å²) in [4.78, 5) is 10.6. The Morgan fingerprint density at radius 1 is 0.600 bits per heavy atom. The Hall–Kier alpha value is -2.62. The zero-order valence-corrected chi connectivity index (χ0v) is 22.7. The first kappa shape index (κ1) is 25.5. The number of hydrogen-bond donors (Lipinski definition) is 0. The average Bonchev–Trinajstić information content (AvgIpc) is 3.38. The maximum absolute atomic E-state index is 6.67. The molecule has 4 nitrogen and oxygen atoms in total. The van der Waals surface area contributed by atoms with Gasteiger partial charge in [-0.25, -0.2) is 9.98 Å². The molecule has 4 rings (SSSR count). The molecule has 4 atom stereocenters. The van der Waals surface area contributed by atoms with E-state index in [9.17, 15) is 0 Å². The lowest BCUT2D eigenvalue weighted by Gasteiger charge is -2.33. The number of rotatable bonds is 6. The van der Waals surface area contributed by atoms with E-state index in [4.69, 9.17) is 19.5 Å². The van der Waals surface area contributed by atoms with Crippen molar-refractivity contribution in [3.05, 3.63) is 71.8 Å². The van der Waals surface area contributed by atoms with Crippen molar-refractivity contribution in [2.24, 2.45) is 26.2 Å². The van der Waals surface area contributed by atoms with Crippen LogP contribution in [-0.4, -0.2) is 36.1 Å². The molecule has 2 aliphatic heterocycles. The van der Waals surface area contributed by atoms with Crippen LogP contribution in [0.1, 0.15) is 66.5 Å². The Labute approximate surface area is 211 Å². The predicted octanol–water partition coefficient (Wildman–Crippen LogP) is 6.92. The first-order chi connectivity index (χ1) is 16.4. The molecule has 0 radical (unpaired) electrons. The van der Waals surface area contributed by atoms with Gasteiger partial charge in [-0.05, 0) is 48.6 Å². The third kappa shape index (κ3) is 5.32. The Bertz CT molecular complexity index is 973. The molecule has 2 aliphatic rings. The van der Waals surface area contributed by atoms with Gasteiger partial charge in [-0.3, -0.25) is 0 Å². The van der Waals surface area contributed by atoms with Crippen molar-refractivity contribution >= 4 is 11.8 Å². The molecule has 0 aliphatic carbocycles. The van der Waals surface area contributed by atoms with Gasteiger partial charge in [0.05, 0.1) is 12.1 Å². The second kappa shape index (κ2) is 9.44. The van der Waals surface area contributed by atoms with E-state index in [1.807, 2.05) is 0 Å². The molecule has 188 valence electrons. The molecule has 0 amide bonds. The van der Waals surface area contributed by atoms with Crippen molar-refractivity contribution in [2.75, 3.05) is 0 Å². The summed E-state index contributed by atoms with van der Waals surface area (Å²) in [5.74, 6) is 1.52. The van der Waals surface area contributed by atoms with Gasteiger partial charge in [0.15, 0.2) is 0 Å². The number of hydrogen-bond acceptors (Lipinski definition) is 4. The third-order valence-electron chi connectivity index (χ3n) is 7.29. The van der Waals surface area contributed by atoms with Crippen LogP contribution in [-0.2, 0) is 22.3 Å². The molecule has 4 unspecified atom stereocenters. The van der Waals surface area contributed by atoms with Crippen LogP contribution < -0.4 is 0 Å². The van der Waals surface area contributed by atoms with E-state index >= 15 is 0 Å². The zero-order chi connectivity index (χ0) is 25.4. The minimum atomic E-state index is -0.620. The highest BCUT2D eigenvalue weighted by atomic mass is 16.5. The fourth-order valence-electron chi connectivity index (χ4n) is 5.62. The first-order valence-electron chi connectivity index (χ1n) is 13.0. The molecule has 0 saturated heterocycles. The van der Waals surface area contributed by atoms with Crippen LogP contribution in [0.4, 0.5) is 0 Å². The molecule has 2 heterocycles. The monoisotopic (exact) mass is 474 g/mol. The lowest BCUT2D eigenvalue weighted by molar-refractivity contribution is 0.129. The summed E-state index contributed by atoms with van der Waals surface area (Å²) in [5.41, 5.74) is 1.81. The topological polar surface area (TPSA) is 43.2 Å². The van der Waals surface area contributed by atoms with Gasteiger partial charge in [-0.15, -0.1) is 0 Å². The van der Waals surface area contributed by atoms with E-state index in [0.29, 0.717) is 12.8 Å². The van der Waals surface area contributed by atoms with Gasteiger partial charge >= 0.3 is 0 Å². The van der Waals surface area contributed by atoms with Gasteiger partial charge in [-0.2, -0.15) is 0 Å². The maximum Gasteiger partial charge on any atom is 0.200 e. The van der Waals surface area contributed by atoms with Crippen LogP contribution in [0.5, 0.6) is 0 Å². The van der Waals surface area contributed by atoms with Gasteiger partial charge in [0.2, 0.25) is 11.8 Å². The molecule has 2 aromatic carbocycles. The van der Waals surface area contributed by atoms with Crippen molar-refractivity contribution in [1.29, 1.82) is 0 Å². The van der Waals surface area contributed by atoms with Crippen LogP contribution in [0, 0.1) is 16.2 Å². The molecule has 35 heavy (non-hydrogen) atoms. The molecule has 0 bridgehead atoms. The van der Waals surface area contributed by atoms with E-state index in [2.05, 4.69) is 116 Å². The van der Waals surface area contributed by atoms with Crippen LogP contribution in [0.25, 0.3) is 0 Å². The lowest BCUT2D eigenvalue weighted by atomic mass is 9.75. The fourth-order valence-corrected chi connectivity index (χ4v) is 5.62. The predicted molar refractivity (Wildman–Crippen MR) is 145 cm³/mol. The van der Waals surface area contributed by atoms with E-state index in [1.54, 1.807) is 0 Å². The van der Waals surface area contributed by atoms with Crippen molar-refractivity contribution in [3.8, 4) is 0 Å². The van der Waals surface area contributed by atoms with Crippen molar-refractivity contribution in [1.82, 2.24) is 0 Å². The molecule has 0 fully saturated rings. The quantitative estimate of drug-likeness (QED) is 0.456. The van der Waals surface area contributed by atoms with Crippen LogP contribution in [0.3, 0.4) is 0 Å². The zero-order valence-electron chi connectivity index (χ0n) is 22.7. The summed E-state index contributed by atoms with van der Waals surface area (Å²) in [6.45, 7) is 17.7. The molecule has 0 N–H and O–H groups in total. The second-order valence-electron chi connectivity index (χ2n) is 12.5. The summed E-state index contributed by atoms with van der Waals surface area (Å²) < 4.78 is 13.3. The van der Waals surface area contributed by atoms with Crippen molar-refractivity contribution < 1.29 is 9.47 Å². The average molecular weight is 475 g/mol. The summed E-state index contributed by atoms with van der Waals surface area (Å²) in [7, 11) is 0. The molecule has 0 spiro atoms. The van der Waals surface area contributed by atoms with Crippen LogP contribution in [0.15, 0.2) is 70.6 Å². The minimum Gasteiger partial charge on any atom is -0.475 e. The summed E-state index contributed by atoms with van der Waals surface area (Å²) in [5, 5.41) is 0. The van der Waals surface area contributed by atoms with Crippen LogP contribution >= 0.6 is 0 Å². The highest BCUT2D eigenvalue weighted by Crippen LogP contribution is 2.43. The summed E-state index contributed by atoms with van der Waals surface area (Å²) in [6.07, 6.45) is 1.42. The first-order valence-corrected chi connectivity index (χ1v) is 13.0. The van der Waals surface area contributed by atoms with Crippen molar-refractivity contribution in [3.63, 3.8) is 0 Å². The standard InChI is InChI=1S/C31H42N2O2/c1-21-25(29(3,4)5)32-27(34-21)31(19-23-15-11-9-12-16-23,20-24-17-13-10-14-18-24)28-33-26(22(2)35-28)30(6,7)8/h9-18,21-22,25-26H,19-20H2,1-8H3. The largest absolute Gasteiger partial charge is 0.475 e. The lowest BCUT2D eigenvalue weighted by Crippen LogP contribution is -2.45. The van der Waals surface area contributed by atoms with Crippen molar-refractivity contribution in [2.45, 2.75) is 92.5 Å². The van der Waals surface area contributed by atoms with Gasteiger partial charge in [-0.1, -0.05) is 102 Å². The maximum atomic E-state index is 6.67. The normalized spacial score (nSPS) is 25.0. The van der Waals surface area contributed by atoms with E-state index in [1.165, 1.54) is 11.1 Å². The SMILES string of the molecule is CC1OC(C(Cc2ccccc2)(Cc2ccccc2)C2=NC(C(C)(C)C)C(C)O2)=NC1C(C)(C)C. The third-order valence-corrected chi connectivity index (χ3v) is 7.29. The second-order valence-corrected chi connectivity index (χ2v) is 12.5. The summed E-state index contributed by atoms with van der Waals surface area (Å²) in [6, 6.07) is 21.4. The van der Waals surface area contributed by atoms with Gasteiger partial charge < -0.3 is 9.47 Å². The van der Waals surface area contributed by atoms with Gasteiger partial charge in [0.25, 0.3) is 0 Å².